The number of hydrogen-bond donors (Lipinski definition) is 1. The average molecular weight is 238 g/mol. The number of nitrogens with zero attached hydrogens (tertiary/aromatic N) is 1. The van der Waals surface area contributed by atoms with Crippen LogP contribution in [-0.2, 0) is 4.79 Å². The SMILES string of the molecule is O=C(CCCC1CCCCC1)N1CCNCC1. The van der Waals surface area contributed by atoms with Gasteiger partial charge in [-0.3, -0.25) is 4.79 Å². The van der Waals surface area contributed by atoms with Crippen molar-refractivity contribution in [2.24, 2.45) is 5.92 Å². The Labute approximate surface area is 105 Å². The molecule has 1 saturated heterocycles. The Morgan fingerprint density at radius 3 is 2.53 bits per heavy atom. The minimum Gasteiger partial charge on any atom is -0.340 e. The van der Waals surface area contributed by atoms with E-state index in [-0.39, 0.29) is 0 Å². The molecule has 0 aromatic carbocycles. The fourth-order valence-corrected chi connectivity index (χ4v) is 3.09. The highest BCUT2D eigenvalue weighted by Gasteiger charge is 2.17. The van der Waals surface area contributed by atoms with Gasteiger partial charge in [-0.05, 0) is 18.8 Å². The van der Waals surface area contributed by atoms with Gasteiger partial charge >= 0.3 is 0 Å². The molecule has 0 radical (unpaired) electrons. The standard InChI is InChI=1S/C14H26N2O/c17-14(16-11-9-15-10-12-16)8-4-7-13-5-2-1-3-6-13/h13,15H,1-12H2. The molecule has 0 bridgehead atoms. The van der Waals surface area contributed by atoms with Crippen LogP contribution in [0, 0.1) is 5.92 Å². The van der Waals surface area contributed by atoms with Crippen LogP contribution in [0.2, 0.25) is 0 Å². The second-order valence-electron chi connectivity index (χ2n) is 5.53. The predicted molar refractivity (Wildman–Crippen MR) is 69.9 cm³/mol. The lowest BCUT2D eigenvalue weighted by Crippen LogP contribution is -2.46. The van der Waals surface area contributed by atoms with Gasteiger partial charge < -0.3 is 10.2 Å². The summed E-state index contributed by atoms with van der Waals surface area (Å²) in [5.41, 5.74) is 0. The number of piperazine rings is 1. The maximum atomic E-state index is 11.9. The van der Waals surface area contributed by atoms with E-state index >= 15 is 0 Å². The van der Waals surface area contributed by atoms with E-state index in [4.69, 9.17) is 0 Å². The molecule has 0 unspecified atom stereocenters. The van der Waals surface area contributed by atoms with Crippen molar-refractivity contribution in [1.82, 2.24) is 10.2 Å². The first-order valence-electron chi connectivity index (χ1n) is 7.35. The summed E-state index contributed by atoms with van der Waals surface area (Å²) in [5.74, 6) is 1.29. The lowest BCUT2D eigenvalue weighted by Gasteiger charge is -2.28. The van der Waals surface area contributed by atoms with Crippen LogP contribution in [0.25, 0.3) is 0 Å². The minimum absolute atomic E-state index is 0.377. The summed E-state index contributed by atoms with van der Waals surface area (Å²) in [6.07, 6.45) is 10.2. The fraction of sp³-hybridized carbons (Fsp3) is 0.929. The van der Waals surface area contributed by atoms with Gasteiger partial charge in [0.25, 0.3) is 0 Å². The second-order valence-corrected chi connectivity index (χ2v) is 5.53. The van der Waals surface area contributed by atoms with E-state index in [9.17, 15) is 4.79 Å². The zero-order valence-electron chi connectivity index (χ0n) is 10.9. The van der Waals surface area contributed by atoms with Crippen LogP contribution in [0.4, 0.5) is 0 Å². The lowest BCUT2D eigenvalue weighted by atomic mass is 9.86. The number of carbonyl (C=O) groups excluding carboxylic acids is 1. The molecular weight excluding hydrogens is 212 g/mol. The molecule has 2 fully saturated rings. The van der Waals surface area contributed by atoms with Gasteiger partial charge in [0.1, 0.15) is 0 Å². The van der Waals surface area contributed by atoms with Crippen molar-refractivity contribution in [2.45, 2.75) is 51.4 Å². The van der Waals surface area contributed by atoms with Gasteiger partial charge in [-0.2, -0.15) is 0 Å². The summed E-state index contributed by atoms with van der Waals surface area (Å²) in [5, 5.41) is 3.28. The number of hydrogen-bond acceptors (Lipinski definition) is 2. The zero-order chi connectivity index (χ0) is 11.9. The van der Waals surface area contributed by atoms with Crippen LogP contribution in [0.5, 0.6) is 0 Å². The van der Waals surface area contributed by atoms with Crippen molar-refractivity contribution < 1.29 is 4.79 Å². The first-order chi connectivity index (χ1) is 8.36. The normalized spacial score (nSPS) is 22.7. The minimum atomic E-state index is 0.377. The summed E-state index contributed by atoms with van der Waals surface area (Å²) in [4.78, 5) is 14.0. The zero-order valence-corrected chi connectivity index (χ0v) is 10.9. The summed E-state index contributed by atoms with van der Waals surface area (Å²) < 4.78 is 0. The monoisotopic (exact) mass is 238 g/mol. The molecule has 0 atom stereocenters. The summed E-state index contributed by atoms with van der Waals surface area (Å²) >= 11 is 0. The van der Waals surface area contributed by atoms with Crippen LogP contribution >= 0.6 is 0 Å². The molecule has 0 aromatic rings. The third-order valence-corrected chi connectivity index (χ3v) is 4.20. The molecule has 17 heavy (non-hydrogen) atoms. The quantitative estimate of drug-likeness (QED) is 0.814. The van der Waals surface area contributed by atoms with Gasteiger partial charge in [-0.1, -0.05) is 32.1 Å². The molecule has 0 aromatic heterocycles. The van der Waals surface area contributed by atoms with E-state index in [2.05, 4.69) is 5.32 Å². The summed E-state index contributed by atoms with van der Waals surface area (Å²) in [7, 11) is 0. The van der Waals surface area contributed by atoms with Crippen molar-refractivity contribution in [3.05, 3.63) is 0 Å². The van der Waals surface area contributed by atoms with Crippen molar-refractivity contribution >= 4 is 5.91 Å². The molecular formula is C14H26N2O. The molecule has 2 rings (SSSR count). The Morgan fingerprint density at radius 1 is 1.12 bits per heavy atom. The van der Waals surface area contributed by atoms with E-state index in [0.717, 1.165) is 44.9 Å². The summed E-state index contributed by atoms with van der Waals surface area (Å²) in [6.45, 7) is 3.74. The smallest absolute Gasteiger partial charge is 0.222 e. The first-order valence-corrected chi connectivity index (χ1v) is 7.35. The molecule has 1 amide bonds. The van der Waals surface area contributed by atoms with E-state index in [1.165, 1.54) is 38.5 Å². The maximum Gasteiger partial charge on any atom is 0.222 e. The molecule has 0 spiro atoms. The highest BCUT2D eigenvalue weighted by Crippen LogP contribution is 2.27. The Bertz CT molecular complexity index is 230. The molecule has 98 valence electrons. The Morgan fingerprint density at radius 2 is 1.82 bits per heavy atom. The van der Waals surface area contributed by atoms with E-state index in [1.54, 1.807) is 0 Å². The predicted octanol–water partition coefficient (Wildman–Crippen LogP) is 2.17. The van der Waals surface area contributed by atoms with Gasteiger partial charge in [-0.25, -0.2) is 0 Å². The van der Waals surface area contributed by atoms with E-state index in [0.29, 0.717) is 5.91 Å². The number of amides is 1. The van der Waals surface area contributed by atoms with Crippen LogP contribution in [0.3, 0.4) is 0 Å². The van der Waals surface area contributed by atoms with Gasteiger partial charge in [0.15, 0.2) is 0 Å². The number of rotatable bonds is 4. The Kier molecular flexibility index (Phi) is 5.30. The van der Waals surface area contributed by atoms with Gasteiger partial charge in [0.05, 0.1) is 0 Å². The van der Waals surface area contributed by atoms with Gasteiger partial charge in [0.2, 0.25) is 5.91 Å². The molecule has 1 heterocycles. The molecule has 1 saturated carbocycles. The molecule has 2 aliphatic rings. The average Bonchev–Trinajstić information content (AvgIpc) is 2.41. The number of carbonyl (C=O) groups is 1. The van der Waals surface area contributed by atoms with Crippen LogP contribution in [0.15, 0.2) is 0 Å². The van der Waals surface area contributed by atoms with Gasteiger partial charge in [0, 0.05) is 32.6 Å². The number of nitrogens with one attached hydrogen (secondary N) is 1. The highest BCUT2D eigenvalue weighted by molar-refractivity contribution is 5.76. The highest BCUT2D eigenvalue weighted by atomic mass is 16.2. The van der Waals surface area contributed by atoms with Crippen LogP contribution < -0.4 is 5.32 Å². The van der Waals surface area contributed by atoms with Crippen molar-refractivity contribution in [1.29, 1.82) is 0 Å². The molecule has 3 nitrogen and oxygen atoms in total. The molecule has 1 aliphatic heterocycles. The largest absolute Gasteiger partial charge is 0.340 e. The third-order valence-electron chi connectivity index (χ3n) is 4.20. The topological polar surface area (TPSA) is 32.3 Å². The molecule has 3 heteroatoms. The van der Waals surface area contributed by atoms with Crippen LogP contribution in [-0.4, -0.2) is 37.0 Å². The second kappa shape index (κ2) is 7.00. The van der Waals surface area contributed by atoms with E-state index < -0.39 is 0 Å². The van der Waals surface area contributed by atoms with E-state index in [1.807, 2.05) is 4.90 Å². The maximum absolute atomic E-state index is 11.9. The Hall–Kier alpha value is -0.570. The Balaban J connectivity index is 1.58. The third kappa shape index (κ3) is 4.30. The van der Waals surface area contributed by atoms with Crippen molar-refractivity contribution in [3.63, 3.8) is 0 Å². The molecule has 1 aliphatic carbocycles. The summed E-state index contributed by atoms with van der Waals surface area (Å²) in [6, 6.07) is 0. The van der Waals surface area contributed by atoms with Crippen molar-refractivity contribution in [3.8, 4) is 0 Å². The van der Waals surface area contributed by atoms with Gasteiger partial charge in [-0.15, -0.1) is 0 Å². The lowest BCUT2D eigenvalue weighted by molar-refractivity contribution is -0.131. The molecule has 1 N–H and O–H groups in total. The van der Waals surface area contributed by atoms with Crippen LogP contribution in [0.1, 0.15) is 51.4 Å². The first kappa shape index (κ1) is 12.9. The fourth-order valence-electron chi connectivity index (χ4n) is 3.09. The van der Waals surface area contributed by atoms with Crippen molar-refractivity contribution in [2.75, 3.05) is 26.2 Å².